The molecule has 0 heterocycles. The van der Waals surface area contributed by atoms with Crippen LogP contribution in [0.3, 0.4) is 0 Å². The normalized spacial score (nSPS) is 11.1. The van der Waals surface area contributed by atoms with Crippen molar-refractivity contribution in [1.29, 1.82) is 0 Å². The second-order valence-electron chi connectivity index (χ2n) is 8.22. The van der Waals surface area contributed by atoms with Crippen LogP contribution in [0.25, 0.3) is 0 Å². The molecule has 8 heteroatoms. The van der Waals surface area contributed by atoms with Crippen LogP contribution in [0, 0.1) is 6.92 Å². The predicted molar refractivity (Wildman–Crippen MR) is 143 cm³/mol. The minimum Gasteiger partial charge on any atom is -0.455 e. The van der Waals surface area contributed by atoms with Crippen LogP contribution in [0.15, 0.2) is 102 Å². The molecule has 0 saturated heterocycles. The number of aryl methyl sites for hydroxylation is 2. The smallest absolute Gasteiger partial charge is 0.261 e. The van der Waals surface area contributed by atoms with Crippen LogP contribution in [0.5, 0.6) is 11.5 Å². The SMILES string of the molecule is Cc1ccc(NS(=O)(=O)c2ccc(CCC(=O)Nc3cc(Cl)ccc3Oc3ccccc3)cc2)cc1. The van der Waals surface area contributed by atoms with Gasteiger partial charge in [-0.25, -0.2) is 8.42 Å². The largest absolute Gasteiger partial charge is 0.455 e. The van der Waals surface area contributed by atoms with Crippen molar-refractivity contribution >= 4 is 38.9 Å². The van der Waals surface area contributed by atoms with E-state index in [1.807, 2.05) is 49.4 Å². The molecule has 4 aromatic carbocycles. The third kappa shape index (κ3) is 6.87. The topological polar surface area (TPSA) is 84.5 Å². The van der Waals surface area contributed by atoms with Gasteiger partial charge in [-0.15, -0.1) is 0 Å². The Bertz CT molecular complexity index is 1440. The number of para-hydroxylation sites is 1. The highest BCUT2D eigenvalue weighted by Gasteiger charge is 2.15. The number of carbonyl (C=O) groups is 1. The average molecular weight is 521 g/mol. The molecule has 0 radical (unpaired) electrons. The first-order chi connectivity index (χ1) is 17.3. The van der Waals surface area contributed by atoms with Crippen LogP contribution in [0.4, 0.5) is 11.4 Å². The summed E-state index contributed by atoms with van der Waals surface area (Å²) in [6.45, 7) is 1.93. The molecule has 36 heavy (non-hydrogen) atoms. The molecule has 184 valence electrons. The lowest BCUT2D eigenvalue weighted by atomic mass is 10.1. The maximum Gasteiger partial charge on any atom is 0.261 e. The molecule has 0 fully saturated rings. The average Bonchev–Trinajstić information content (AvgIpc) is 2.87. The Labute approximate surface area is 216 Å². The van der Waals surface area contributed by atoms with E-state index in [4.69, 9.17) is 16.3 Å². The minimum atomic E-state index is -3.71. The number of nitrogens with one attached hydrogen (secondary N) is 2. The number of carbonyl (C=O) groups excluding carboxylic acids is 1. The van der Waals surface area contributed by atoms with Crippen molar-refractivity contribution in [2.45, 2.75) is 24.7 Å². The van der Waals surface area contributed by atoms with Gasteiger partial charge in [-0.05, 0) is 73.5 Å². The van der Waals surface area contributed by atoms with Gasteiger partial charge in [-0.1, -0.05) is 59.6 Å². The van der Waals surface area contributed by atoms with Crippen LogP contribution in [0.1, 0.15) is 17.5 Å². The van der Waals surface area contributed by atoms with E-state index in [1.165, 1.54) is 12.1 Å². The molecular formula is C28H25ClN2O4S. The van der Waals surface area contributed by atoms with E-state index in [1.54, 1.807) is 42.5 Å². The number of hydrogen-bond acceptors (Lipinski definition) is 4. The molecule has 0 bridgehead atoms. The number of sulfonamides is 1. The Morgan fingerprint density at radius 1 is 0.889 bits per heavy atom. The van der Waals surface area contributed by atoms with Gasteiger partial charge >= 0.3 is 0 Å². The van der Waals surface area contributed by atoms with Gasteiger partial charge in [0, 0.05) is 17.1 Å². The summed E-state index contributed by atoms with van der Waals surface area (Å²) in [5.74, 6) is 0.907. The second kappa shape index (κ2) is 11.3. The maximum atomic E-state index is 12.7. The van der Waals surface area contributed by atoms with Crippen LogP contribution < -0.4 is 14.8 Å². The predicted octanol–water partition coefficient (Wildman–Crippen LogP) is 6.81. The van der Waals surface area contributed by atoms with E-state index < -0.39 is 10.0 Å². The van der Waals surface area contributed by atoms with Crippen LogP contribution in [-0.4, -0.2) is 14.3 Å². The molecule has 6 nitrogen and oxygen atoms in total. The van der Waals surface area contributed by atoms with Crippen molar-refractivity contribution in [3.8, 4) is 11.5 Å². The molecule has 1 amide bonds. The molecule has 0 aromatic heterocycles. The Hall–Kier alpha value is -3.81. The number of hydrogen-bond donors (Lipinski definition) is 2. The standard InChI is InChI=1S/C28H25ClN2O4S/c1-20-7-13-23(14-8-20)31-36(33,34)25-15-9-21(10-16-25)11-18-28(32)30-26-19-22(29)12-17-27(26)35-24-5-3-2-4-6-24/h2-10,12-17,19,31H,11,18H2,1H3,(H,30,32). The number of benzene rings is 4. The van der Waals surface area contributed by atoms with Gasteiger partial charge in [0.15, 0.2) is 5.75 Å². The first-order valence-corrected chi connectivity index (χ1v) is 13.2. The van der Waals surface area contributed by atoms with Crippen molar-refractivity contribution in [3.63, 3.8) is 0 Å². The minimum absolute atomic E-state index is 0.151. The fourth-order valence-electron chi connectivity index (χ4n) is 3.45. The van der Waals surface area contributed by atoms with Gasteiger partial charge in [-0.3, -0.25) is 9.52 Å². The van der Waals surface area contributed by atoms with E-state index in [-0.39, 0.29) is 17.2 Å². The monoisotopic (exact) mass is 520 g/mol. The lowest BCUT2D eigenvalue weighted by Gasteiger charge is -2.13. The molecule has 0 aliphatic carbocycles. The van der Waals surface area contributed by atoms with Crippen molar-refractivity contribution in [2.75, 3.05) is 10.0 Å². The summed E-state index contributed by atoms with van der Waals surface area (Å²) in [5, 5.41) is 3.33. The summed E-state index contributed by atoms with van der Waals surface area (Å²) in [6.07, 6.45) is 0.637. The summed E-state index contributed by atoms with van der Waals surface area (Å²) >= 11 is 6.12. The molecule has 0 aliphatic rings. The van der Waals surface area contributed by atoms with Crippen LogP contribution >= 0.6 is 11.6 Å². The number of amides is 1. The Kier molecular flexibility index (Phi) is 7.93. The molecule has 4 aromatic rings. The zero-order chi connectivity index (χ0) is 25.5. The molecule has 0 atom stereocenters. The Morgan fingerprint density at radius 3 is 2.28 bits per heavy atom. The zero-order valence-electron chi connectivity index (χ0n) is 19.6. The first-order valence-electron chi connectivity index (χ1n) is 11.3. The van der Waals surface area contributed by atoms with Crippen molar-refractivity contribution < 1.29 is 17.9 Å². The van der Waals surface area contributed by atoms with Crippen molar-refractivity contribution in [1.82, 2.24) is 0 Å². The third-order valence-electron chi connectivity index (χ3n) is 5.36. The Morgan fingerprint density at radius 2 is 1.58 bits per heavy atom. The van der Waals surface area contributed by atoms with Crippen molar-refractivity contribution in [2.24, 2.45) is 0 Å². The molecule has 0 unspecified atom stereocenters. The highest BCUT2D eigenvalue weighted by atomic mass is 35.5. The van der Waals surface area contributed by atoms with Gasteiger partial charge in [0.25, 0.3) is 10.0 Å². The van der Waals surface area contributed by atoms with Gasteiger partial charge in [0.2, 0.25) is 5.91 Å². The summed E-state index contributed by atoms with van der Waals surface area (Å²) in [4.78, 5) is 12.8. The van der Waals surface area contributed by atoms with Crippen molar-refractivity contribution in [3.05, 3.63) is 113 Å². The van der Waals surface area contributed by atoms with Gasteiger partial charge in [0.1, 0.15) is 5.75 Å². The maximum absolute atomic E-state index is 12.7. The lowest BCUT2D eigenvalue weighted by molar-refractivity contribution is -0.116. The molecule has 0 aliphatic heterocycles. The molecule has 2 N–H and O–H groups in total. The number of ether oxygens (including phenoxy) is 1. The van der Waals surface area contributed by atoms with Gasteiger partial charge in [-0.2, -0.15) is 0 Å². The van der Waals surface area contributed by atoms with Gasteiger partial charge in [0.05, 0.1) is 10.6 Å². The van der Waals surface area contributed by atoms with E-state index in [2.05, 4.69) is 10.0 Å². The molecule has 0 saturated carbocycles. The lowest BCUT2D eigenvalue weighted by Crippen LogP contribution is -2.14. The second-order valence-corrected chi connectivity index (χ2v) is 10.3. The van der Waals surface area contributed by atoms with E-state index >= 15 is 0 Å². The van der Waals surface area contributed by atoms with E-state index in [0.717, 1.165) is 11.1 Å². The van der Waals surface area contributed by atoms with Crippen LogP contribution in [-0.2, 0) is 21.2 Å². The van der Waals surface area contributed by atoms with Crippen LogP contribution in [0.2, 0.25) is 5.02 Å². The van der Waals surface area contributed by atoms with E-state index in [0.29, 0.717) is 34.3 Å². The van der Waals surface area contributed by atoms with E-state index in [9.17, 15) is 13.2 Å². The highest BCUT2D eigenvalue weighted by molar-refractivity contribution is 7.92. The highest BCUT2D eigenvalue weighted by Crippen LogP contribution is 2.32. The molecule has 0 spiro atoms. The fraction of sp³-hybridized carbons (Fsp3) is 0.107. The summed E-state index contributed by atoms with van der Waals surface area (Å²) in [5.41, 5.74) is 2.85. The number of rotatable bonds is 9. The Balaban J connectivity index is 1.36. The molecular weight excluding hydrogens is 496 g/mol. The number of anilines is 2. The van der Waals surface area contributed by atoms with Gasteiger partial charge < -0.3 is 10.1 Å². The summed E-state index contributed by atoms with van der Waals surface area (Å²) in [7, 11) is -3.71. The zero-order valence-corrected chi connectivity index (χ0v) is 21.1. The quantitative estimate of drug-likeness (QED) is 0.254. The number of halogens is 1. The summed E-state index contributed by atoms with van der Waals surface area (Å²) < 4.78 is 33.8. The first kappa shape index (κ1) is 25.3. The molecule has 4 rings (SSSR count). The third-order valence-corrected chi connectivity index (χ3v) is 7.00. The fourth-order valence-corrected chi connectivity index (χ4v) is 4.68. The summed E-state index contributed by atoms with van der Waals surface area (Å²) in [6, 6.07) is 27.9.